The molecule has 14 heteroatoms. The second-order valence-corrected chi connectivity index (χ2v) is 39.7. The molecule has 0 N–H and O–H groups in total. The Bertz CT molecular complexity index is 9420. The molecule has 9 aromatic heterocycles. The molecule has 0 unspecified atom stereocenters. The van der Waals surface area contributed by atoms with E-state index in [1.165, 1.54) is 81.7 Å². The van der Waals surface area contributed by atoms with E-state index in [0.29, 0.717) is 5.56 Å². The van der Waals surface area contributed by atoms with Crippen LogP contribution in [0.3, 0.4) is 0 Å². The second kappa shape index (κ2) is 28.7. The number of hydrogen-bond donors (Lipinski definition) is 0. The van der Waals surface area contributed by atoms with Crippen molar-refractivity contribution in [2.45, 2.75) is 33.5 Å². The highest BCUT2D eigenvalue weighted by Crippen LogP contribution is 2.47. The predicted molar refractivity (Wildman–Crippen MR) is 533 cm³/mol. The molecule has 0 aliphatic carbocycles. The van der Waals surface area contributed by atoms with Crippen molar-refractivity contribution in [1.29, 1.82) is 5.26 Å². The summed E-state index contributed by atoms with van der Waals surface area (Å²) < 4.78 is 13.7. The zero-order valence-corrected chi connectivity index (χ0v) is 71.6. The summed E-state index contributed by atoms with van der Waals surface area (Å²) in [5.74, 6) is 2.49. The van der Waals surface area contributed by atoms with Gasteiger partial charge in [-0.1, -0.05) is 291 Å². The number of hydrogen-bond acceptors (Lipinski definition) is 7. The number of nitrogens with zero attached hydrogens (tertiary/aromatic N) is 13. The third-order valence-electron chi connectivity index (χ3n) is 25.9. The van der Waals surface area contributed by atoms with Crippen molar-refractivity contribution in [2.75, 3.05) is 0 Å². The van der Waals surface area contributed by atoms with Crippen LogP contribution in [0.2, 0.25) is 19.6 Å². The van der Waals surface area contributed by atoms with Gasteiger partial charge < -0.3 is 0 Å². The van der Waals surface area contributed by atoms with Gasteiger partial charge in [0.25, 0.3) is 0 Å². The first-order valence-electron chi connectivity index (χ1n) is 43.5. The van der Waals surface area contributed by atoms with Gasteiger partial charge in [0.15, 0.2) is 0 Å². The number of aryl methyl sites for hydroxylation is 2. The average molecular weight is 1660 g/mol. The molecule has 0 aliphatic heterocycles. The van der Waals surface area contributed by atoms with Crippen LogP contribution in [0.25, 0.3) is 232 Å². The number of fused-ring (bicyclic) bond motifs is 30. The van der Waals surface area contributed by atoms with Crippen LogP contribution in [-0.4, -0.2) is 64.9 Å². The van der Waals surface area contributed by atoms with Crippen molar-refractivity contribution in [3.8, 4) is 57.3 Å². The molecule has 27 aromatic rings. The molecule has 0 fully saturated rings. The van der Waals surface area contributed by atoms with E-state index in [9.17, 15) is 5.26 Å². The van der Waals surface area contributed by atoms with Crippen LogP contribution in [-0.2, 0) is 0 Å². The lowest BCUT2D eigenvalue weighted by Crippen LogP contribution is -2.37. The Morgan fingerprint density at radius 1 is 0.234 bits per heavy atom. The van der Waals surface area contributed by atoms with Gasteiger partial charge in [0.1, 0.15) is 16.9 Å². The van der Waals surface area contributed by atoms with Crippen LogP contribution < -0.4 is 5.19 Å². The van der Waals surface area contributed by atoms with Crippen LogP contribution >= 0.6 is 0 Å². The molecule has 0 bridgehead atoms. The molecular weight excluding hydrogens is 1580 g/mol. The summed E-state index contributed by atoms with van der Waals surface area (Å²) in [5.41, 5.74) is 28.6. The minimum Gasteiger partial charge on any atom is -0.278 e. The minimum atomic E-state index is -1.40. The maximum atomic E-state index is 9.37. The molecule has 9 heterocycles. The van der Waals surface area contributed by atoms with E-state index >= 15 is 0 Å². The third-order valence-corrected chi connectivity index (χ3v) is 28.0. The van der Waals surface area contributed by atoms with Crippen molar-refractivity contribution < 1.29 is 0 Å². The first kappa shape index (κ1) is 73.9. The largest absolute Gasteiger partial charge is 0.278 e. The Labute approximate surface area is 734 Å². The van der Waals surface area contributed by atoms with Crippen molar-refractivity contribution in [3.05, 3.63) is 393 Å². The van der Waals surface area contributed by atoms with Crippen LogP contribution in [0.4, 0.5) is 0 Å². The first-order chi connectivity index (χ1) is 62.9. The van der Waals surface area contributed by atoms with Crippen LogP contribution in [0, 0.1) is 25.2 Å². The molecule has 0 saturated carbocycles. The molecular formula is C114H77N13Si. The quantitative estimate of drug-likeness (QED) is 0.145. The zero-order chi connectivity index (χ0) is 85.3. The highest BCUT2D eigenvalue weighted by Gasteiger charge is 2.29. The monoisotopic (exact) mass is 1660 g/mol. The summed E-state index contributed by atoms with van der Waals surface area (Å²) in [4.78, 5) is 31.4. The van der Waals surface area contributed by atoms with Gasteiger partial charge in [0, 0.05) is 64.6 Å². The normalized spacial score (nSPS) is 12.1. The molecule has 13 nitrogen and oxygen atoms in total. The highest BCUT2D eigenvalue weighted by molar-refractivity contribution is 6.88. The van der Waals surface area contributed by atoms with E-state index in [-0.39, 0.29) is 0 Å². The minimum absolute atomic E-state index is 0.652. The fourth-order valence-corrected chi connectivity index (χ4v) is 21.4. The average Bonchev–Trinajstić information content (AvgIpc) is 1.55. The maximum Gasteiger partial charge on any atom is 0.221 e. The fourth-order valence-electron chi connectivity index (χ4n) is 20.2. The first-order valence-corrected chi connectivity index (χ1v) is 47.0. The molecule has 18 aromatic carbocycles. The SMILES string of the molecule is C[Si](C)(C)c1ccc(-c2cc3c4ccccc4n(-c4nc5ccccc5c5nc6ccccc6n45)c3c3ccccc23)cc1.Cc1cc(C)cc(-c2cc3c4ccccc4n(-c4nc5ccccc5c5nc6ccccc6n45)c3c3ccccc23)c1.N#Cc1ccc(-c2cc3c4ccccc4n(-c4nc5ccccc5c5nc6ccccc6n45)c3c3ccccc23)cc1. The van der Waals surface area contributed by atoms with E-state index in [0.717, 1.165) is 166 Å². The summed E-state index contributed by atoms with van der Waals surface area (Å²) in [6.07, 6.45) is 0. The van der Waals surface area contributed by atoms with Crippen molar-refractivity contribution in [2.24, 2.45) is 0 Å². The van der Waals surface area contributed by atoms with Gasteiger partial charge in [-0.15, -0.1) is 0 Å². The van der Waals surface area contributed by atoms with Crippen LogP contribution in [0.15, 0.2) is 376 Å². The number of aromatic nitrogens is 12. The van der Waals surface area contributed by atoms with E-state index in [2.05, 4.69) is 394 Å². The van der Waals surface area contributed by atoms with E-state index in [1.807, 2.05) is 48.5 Å². The van der Waals surface area contributed by atoms with Gasteiger partial charge in [0.2, 0.25) is 17.8 Å². The molecule has 0 saturated heterocycles. The molecule has 128 heavy (non-hydrogen) atoms. The van der Waals surface area contributed by atoms with Gasteiger partial charge in [0.05, 0.1) is 102 Å². The number of nitriles is 1. The molecule has 0 aliphatic rings. The molecule has 0 amide bonds. The molecule has 27 rings (SSSR count). The summed E-state index contributed by atoms with van der Waals surface area (Å²) in [7, 11) is -1.40. The topological polar surface area (TPSA) is 129 Å². The second-order valence-electron chi connectivity index (χ2n) is 34.6. The number of rotatable bonds is 7. The van der Waals surface area contributed by atoms with E-state index in [4.69, 9.17) is 29.9 Å². The lowest BCUT2D eigenvalue weighted by molar-refractivity contribution is 0.981. The summed E-state index contributed by atoms with van der Waals surface area (Å²) in [6, 6.07) is 135. The Balaban J connectivity index is 0.000000104. The van der Waals surface area contributed by atoms with Gasteiger partial charge in [-0.25, -0.2) is 29.9 Å². The van der Waals surface area contributed by atoms with Gasteiger partial charge in [-0.05, 0) is 185 Å². The number of imidazole rings is 3. The summed E-state index contributed by atoms with van der Waals surface area (Å²) >= 11 is 0. The lowest BCUT2D eigenvalue weighted by atomic mass is 9.93. The highest BCUT2D eigenvalue weighted by atomic mass is 28.3. The molecule has 0 radical (unpaired) electrons. The predicted octanol–water partition coefficient (Wildman–Crippen LogP) is 27.9. The van der Waals surface area contributed by atoms with Gasteiger partial charge in [-0.2, -0.15) is 5.26 Å². The van der Waals surface area contributed by atoms with Crippen LogP contribution in [0.5, 0.6) is 0 Å². The maximum absolute atomic E-state index is 9.37. The van der Waals surface area contributed by atoms with E-state index < -0.39 is 8.07 Å². The Kier molecular flexibility index (Phi) is 16.6. The Morgan fingerprint density at radius 2 is 0.500 bits per heavy atom. The Morgan fingerprint density at radius 3 is 0.820 bits per heavy atom. The molecule has 0 atom stereocenters. The third kappa shape index (κ3) is 11.4. The smallest absolute Gasteiger partial charge is 0.221 e. The summed E-state index contributed by atoms with van der Waals surface area (Å²) in [6.45, 7) is 11.6. The van der Waals surface area contributed by atoms with Crippen molar-refractivity contribution in [3.63, 3.8) is 0 Å². The van der Waals surface area contributed by atoms with E-state index in [1.54, 1.807) is 0 Å². The fraction of sp³-hybridized carbons (Fsp3) is 0.0439. The molecule has 0 spiro atoms. The van der Waals surface area contributed by atoms with Crippen LogP contribution in [0.1, 0.15) is 16.7 Å². The number of para-hydroxylation sites is 12. The summed E-state index contributed by atoms with van der Waals surface area (Å²) in [5, 5.41) is 28.2. The van der Waals surface area contributed by atoms with Crippen molar-refractivity contribution >= 4 is 194 Å². The lowest BCUT2D eigenvalue weighted by Gasteiger charge is -2.17. The van der Waals surface area contributed by atoms with Gasteiger partial charge >= 0.3 is 0 Å². The zero-order valence-electron chi connectivity index (χ0n) is 70.6. The number of benzene rings is 18. The van der Waals surface area contributed by atoms with Crippen molar-refractivity contribution in [1.82, 2.24) is 56.8 Å². The van der Waals surface area contributed by atoms with Gasteiger partial charge in [-0.3, -0.25) is 26.9 Å². The Hall–Kier alpha value is -16.7. The standard InChI is InChI=1S/C39H30N4Si.C38H26N4.C37H21N5/c1-44(2,3)26-22-20-25(21-23-26)31-24-32-28-13-7-10-18-35(28)42(37(32)29-14-5-4-12-27(29)31)39-41-33-16-8-6-15-30(33)38-40-34-17-9-11-19-36(34)43(38)39;1-23-19-24(2)21-25(20-23)30-22-31-27-12-6-9-17-34(27)41(36(31)28-13-4-3-11-26(28)30)38-40-32-15-7-5-14-29(32)37-39-33-16-8-10-18-35(33)42(37)38;38-22-23-17-19-24(20-18-23)29-21-30-26-10-4-7-15-33(26)41(35(30)27-11-2-1-9-25(27)29)37-40-31-13-5-3-12-28(31)36-39-32-14-6-8-16-34(32)42(36)37/h4-24H,1-3H3;3-22H,1-2H3;1-21H. The molecule has 602 valence electrons.